The fourth-order valence-corrected chi connectivity index (χ4v) is 3.06. The van der Waals surface area contributed by atoms with Crippen LogP contribution < -0.4 is 0 Å². The predicted octanol–water partition coefficient (Wildman–Crippen LogP) is 4.05. The fourth-order valence-electron chi connectivity index (χ4n) is 2.80. The highest BCUT2D eigenvalue weighted by Crippen LogP contribution is 2.32. The number of aromatic nitrogens is 4. The minimum Gasteiger partial charge on any atom is -0.460 e. The van der Waals surface area contributed by atoms with E-state index in [4.69, 9.17) is 4.74 Å². The maximum atomic E-state index is 12.8. The number of tetrazole rings is 1. The van der Waals surface area contributed by atoms with Gasteiger partial charge in [-0.2, -0.15) is 0 Å². The second kappa shape index (κ2) is 8.56. The molecular formula is C18H25BrN4O2. The van der Waals surface area contributed by atoms with E-state index in [1.165, 1.54) is 0 Å². The minimum absolute atomic E-state index is 0.161. The molecule has 6 nitrogen and oxygen atoms in total. The van der Waals surface area contributed by atoms with Gasteiger partial charge >= 0.3 is 5.97 Å². The van der Waals surface area contributed by atoms with Gasteiger partial charge in [0.1, 0.15) is 5.60 Å². The van der Waals surface area contributed by atoms with E-state index in [2.05, 4.69) is 43.5 Å². The summed E-state index contributed by atoms with van der Waals surface area (Å²) in [6.45, 7) is 7.71. The number of esters is 1. The van der Waals surface area contributed by atoms with Gasteiger partial charge in [-0.25, -0.2) is 5.10 Å². The first-order valence-corrected chi connectivity index (χ1v) is 9.30. The highest BCUT2D eigenvalue weighted by molar-refractivity contribution is 9.10. The standard InChI is InChI=1S/C18H25BrN4O2/c1-5-6-14(17(24)25-18(2,3)4)15(16-20-22-23-21-16)11-12-7-9-13(19)10-8-12/h7-10,14-15H,5-6,11H2,1-4H3,(H,20,21,22,23)/t14-,15?/m0/s1. The zero-order chi connectivity index (χ0) is 18.4. The highest BCUT2D eigenvalue weighted by atomic mass is 79.9. The van der Waals surface area contributed by atoms with E-state index < -0.39 is 5.60 Å². The van der Waals surface area contributed by atoms with Crippen molar-refractivity contribution >= 4 is 21.9 Å². The molecule has 0 aliphatic carbocycles. The van der Waals surface area contributed by atoms with Crippen molar-refractivity contribution in [1.82, 2.24) is 20.6 Å². The number of carbonyl (C=O) groups excluding carboxylic acids is 1. The molecule has 1 unspecified atom stereocenters. The van der Waals surface area contributed by atoms with Crippen LogP contribution in [0.2, 0.25) is 0 Å². The zero-order valence-electron chi connectivity index (χ0n) is 15.1. The van der Waals surface area contributed by atoms with Gasteiger partial charge in [-0.05, 0) is 61.7 Å². The third-order valence-corrected chi connectivity index (χ3v) is 4.41. The Labute approximate surface area is 156 Å². The normalized spacial score (nSPS) is 14.1. The first-order valence-electron chi connectivity index (χ1n) is 8.51. The molecule has 1 heterocycles. The van der Waals surface area contributed by atoms with Crippen LogP contribution in [0.4, 0.5) is 0 Å². The van der Waals surface area contributed by atoms with Gasteiger partial charge in [0.05, 0.1) is 5.92 Å². The monoisotopic (exact) mass is 408 g/mol. The summed E-state index contributed by atoms with van der Waals surface area (Å²) in [6, 6.07) is 8.07. The molecule has 25 heavy (non-hydrogen) atoms. The maximum Gasteiger partial charge on any atom is 0.310 e. The lowest BCUT2D eigenvalue weighted by Crippen LogP contribution is -2.33. The van der Waals surface area contributed by atoms with Crippen molar-refractivity contribution in [3.63, 3.8) is 0 Å². The molecule has 0 radical (unpaired) electrons. The van der Waals surface area contributed by atoms with Gasteiger partial charge in [-0.1, -0.05) is 41.4 Å². The summed E-state index contributed by atoms with van der Waals surface area (Å²) in [5.41, 5.74) is 0.597. The lowest BCUT2D eigenvalue weighted by Gasteiger charge is -2.28. The molecule has 0 bridgehead atoms. The van der Waals surface area contributed by atoms with Crippen LogP contribution in [0.3, 0.4) is 0 Å². The van der Waals surface area contributed by atoms with Crippen LogP contribution in [0.1, 0.15) is 57.8 Å². The number of nitrogens with one attached hydrogen (secondary N) is 1. The Morgan fingerprint density at radius 2 is 1.96 bits per heavy atom. The number of hydrogen-bond acceptors (Lipinski definition) is 5. The van der Waals surface area contributed by atoms with E-state index >= 15 is 0 Å². The molecule has 136 valence electrons. The number of rotatable bonds is 7. The van der Waals surface area contributed by atoms with Gasteiger partial charge in [0.25, 0.3) is 0 Å². The van der Waals surface area contributed by atoms with Gasteiger partial charge in [-0.3, -0.25) is 4.79 Å². The second-order valence-electron chi connectivity index (χ2n) is 7.15. The number of halogens is 1. The van der Waals surface area contributed by atoms with Gasteiger partial charge in [-0.15, -0.1) is 5.10 Å². The number of ether oxygens (including phenoxy) is 1. The highest BCUT2D eigenvalue weighted by Gasteiger charge is 2.34. The quantitative estimate of drug-likeness (QED) is 0.698. The topological polar surface area (TPSA) is 80.8 Å². The lowest BCUT2D eigenvalue weighted by atomic mass is 9.83. The summed E-state index contributed by atoms with van der Waals surface area (Å²) in [4.78, 5) is 12.8. The molecule has 1 aromatic heterocycles. The summed E-state index contributed by atoms with van der Waals surface area (Å²) in [7, 11) is 0. The molecule has 0 saturated carbocycles. The Morgan fingerprint density at radius 3 is 2.48 bits per heavy atom. The first kappa shape index (κ1) is 19.6. The van der Waals surface area contributed by atoms with E-state index in [1.54, 1.807) is 0 Å². The van der Waals surface area contributed by atoms with Crippen LogP contribution in [0.15, 0.2) is 28.7 Å². The molecule has 1 N–H and O–H groups in total. The van der Waals surface area contributed by atoms with Gasteiger partial charge in [0.15, 0.2) is 5.82 Å². The summed E-state index contributed by atoms with van der Waals surface area (Å²) in [5.74, 6) is -0.0475. The third-order valence-electron chi connectivity index (χ3n) is 3.88. The van der Waals surface area contributed by atoms with Gasteiger partial charge in [0, 0.05) is 10.4 Å². The van der Waals surface area contributed by atoms with Crippen molar-refractivity contribution in [2.75, 3.05) is 0 Å². The van der Waals surface area contributed by atoms with Crippen LogP contribution >= 0.6 is 15.9 Å². The van der Waals surface area contributed by atoms with Crippen molar-refractivity contribution in [3.8, 4) is 0 Å². The largest absolute Gasteiger partial charge is 0.460 e. The first-order chi connectivity index (χ1) is 11.8. The Hall–Kier alpha value is -1.76. The molecule has 0 aliphatic rings. The van der Waals surface area contributed by atoms with Crippen molar-refractivity contribution in [2.45, 2.75) is 58.5 Å². The average Bonchev–Trinajstić information content (AvgIpc) is 3.05. The molecule has 0 fully saturated rings. The van der Waals surface area contributed by atoms with Crippen LogP contribution in [0, 0.1) is 5.92 Å². The molecule has 2 atom stereocenters. The molecule has 7 heteroatoms. The SMILES string of the molecule is CCC[C@H](C(=O)OC(C)(C)C)C(Cc1ccc(Br)cc1)c1nnn[nH]1. The molecule has 0 amide bonds. The Morgan fingerprint density at radius 1 is 1.28 bits per heavy atom. The summed E-state index contributed by atoms with van der Waals surface area (Å²) < 4.78 is 6.68. The zero-order valence-corrected chi connectivity index (χ0v) is 16.7. The Kier molecular flexibility index (Phi) is 6.70. The summed E-state index contributed by atoms with van der Waals surface area (Å²) >= 11 is 3.45. The van der Waals surface area contributed by atoms with Crippen molar-refractivity contribution in [2.24, 2.45) is 5.92 Å². The third kappa shape index (κ3) is 5.92. The molecule has 2 rings (SSSR count). The number of hydrogen-bond donors (Lipinski definition) is 1. The molecule has 0 spiro atoms. The number of aromatic amines is 1. The van der Waals surface area contributed by atoms with E-state index in [1.807, 2.05) is 45.0 Å². The van der Waals surface area contributed by atoms with Crippen molar-refractivity contribution in [3.05, 3.63) is 40.1 Å². The predicted molar refractivity (Wildman–Crippen MR) is 99.0 cm³/mol. The van der Waals surface area contributed by atoms with Crippen molar-refractivity contribution in [1.29, 1.82) is 0 Å². The molecule has 0 aliphatic heterocycles. The molecular weight excluding hydrogens is 384 g/mol. The smallest absolute Gasteiger partial charge is 0.310 e. The molecule has 2 aromatic rings. The summed E-state index contributed by atoms with van der Waals surface area (Å²) in [5, 5.41) is 14.3. The van der Waals surface area contributed by atoms with Gasteiger partial charge in [0.2, 0.25) is 0 Å². The maximum absolute atomic E-state index is 12.8. The number of benzene rings is 1. The summed E-state index contributed by atoms with van der Waals surface area (Å²) in [6.07, 6.45) is 2.26. The number of H-pyrrole nitrogens is 1. The van der Waals surface area contributed by atoms with Crippen LogP contribution in [-0.4, -0.2) is 32.2 Å². The number of nitrogens with zero attached hydrogens (tertiary/aromatic N) is 3. The Balaban J connectivity index is 2.30. The number of carbonyl (C=O) groups is 1. The fraction of sp³-hybridized carbons (Fsp3) is 0.556. The van der Waals surface area contributed by atoms with E-state index in [0.717, 1.165) is 22.9 Å². The minimum atomic E-state index is -0.523. The molecule has 1 aromatic carbocycles. The lowest BCUT2D eigenvalue weighted by molar-refractivity contribution is -0.161. The van der Waals surface area contributed by atoms with Crippen LogP contribution in [-0.2, 0) is 16.0 Å². The average molecular weight is 409 g/mol. The van der Waals surface area contributed by atoms with Crippen molar-refractivity contribution < 1.29 is 9.53 Å². The Bertz CT molecular complexity index is 665. The molecule has 0 saturated heterocycles. The van der Waals surface area contributed by atoms with E-state index in [-0.39, 0.29) is 17.8 Å². The second-order valence-corrected chi connectivity index (χ2v) is 8.07. The van der Waals surface area contributed by atoms with Crippen LogP contribution in [0.5, 0.6) is 0 Å². The van der Waals surface area contributed by atoms with Gasteiger partial charge < -0.3 is 4.74 Å². The van der Waals surface area contributed by atoms with E-state index in [0.29, 0.717) is 12.2 Å². The van der Waals surface area contributed by atoms with E-state index in [9.17, 15) is 4.79 Å². The van der Waals surface area contributed by atoms with Crippen LogP contribution in [0.25, 0.3) is 0 Å².